The summed E-state index contributed by atoms with van der Waals surface area (Å²) in [6, 6.07) is 13.8. The van der Waals surface area contributed by atoms with Crippen LogP contribution in [0.3, 0.4) is 0 Å². The maximum Gasteiger partial charge on any atom is 0.363 e. The lowest BCUT2D eigenvalue weighted by atomic mass is 10.1. The van der Waals surface area contributed by atoms with Crippen molar-refractivity contribution in [3.8, 4) is 5.88 Å². The SMILES string of the molecule is COc1nc(N(C)C)sc1/C=C1\N=C(c2ccc3ccccc3c2)OC1=O. The van der Waals surface area contributed by atoms with E-state index in [-0.39, 0.29) is 5.70 Å². The molecule has 1 aromatic heterocycles. The van der Waals surface area contributed by atoms with Crippen molar-refractivity contribution in [1.29, 1.82) is 0 Å². The molecular formula is C20H17N3O3S. The molecule has 7 heteroatoms. The number of nitrogens with zero attached hydrogens (tertiary/aromatic N) is 3. The molecule has 1 aliphatic heterocycles. The molecule has 0 saturated carbocycles. The summed E-state index contributed by atoms with van der Waals surface area (Å²) in [5, 5.41) is 2.96. The number of anilines is 1. The van der Waals surface area contributed by atoms with Gasteiger partial charge < -0.3 is 14.4 Å². The molecule has 0 atom stereocenters. The van der Waals surface area contributed by atoms with Crippen molar-refractivity contribution in [2.75, 3.05) is 26.1 Å². The standard InChI is InChI=1S/C20H17N3O3S/c1-23(2)20-22-18(25-3)16(27-20)11-15-19(24)26-17(21-15)14-9-8-12-6-4-5-7-13(12)10-14/h4-11H,1-3H3/b15-11-. The van der Waals surface area contributed by atoms with Crippen LogP contribution in [0.2, 0.25) is 0 Å². The topological polar surface area (TPSA) is 64.0 Å². The molecule has 0 amide bonds. The van der Waals surface area contributed by atoms with Crippen LogP contribution in [0.5, 0.6) is 5.88 Å². The number of carbonyl (C=O) groups is 1. The van der Waals surface area contributed by atoms with Crippen LogP contribution in [-0.4, -0.2) is 38.1 Å². The van der Waals surface area contributed by atoms with E-state index in [4.69, 9.17) is 9.47 Å². The van der Waals surface area contributed by atoms with Gasteiger partial charge in [0.25, 0.3) is 0 Å². The third-order valence-corrected chi connectivity index (χ3v) is 5.22. The zero-order valence-electron chi connectivity index (χ0n) is 15.1. The van der Waals surface area contributed by atoms with E-state index in [0.717, 1.165) is 26.3 Å². The van der Waals surface area contributed by atoms with Crippen molar-refractivity contribution in [3.63, 3.8) is 0 Å². The van der Waals surface area contributed by atoms with Crippen molar-refractivity contribution < 1.29 is 14.3 Å². The summed E-state index contributed by atoms with van der Waals surface area (Å²) in [5.41, 5.74) is 0.987. The highest BCUT2D eigenvalue weighted by atomic mass is 32.1. The van der Waals surface area contributed by atoms with Gasteiger partial charge in [-0.15, -0.1) is 0 Å². The first-order chi connectivity index (χ1) is 13.0. The number of carbonyl (C=O) groups excluding carboxylic acids is 1. The smallest absolute Gasteiger partial charge is 0.363 e. The maximum atomic E-state index is 12.3. The number of methoxy groups -OCH3 is 1. The second kappa shape index (κ2) is 6.85. The number of ether oxygens (including phenoxy) is 2. The molecule has 0 unspecified atom stereocenters. The summed E-state index contributed by atoms with van der Waals surface area (Å²) >= 11 is 1.42. The van der Waals surface area contributed by atoms with Crippen LogP contribution in [-0.2, 0) is 9.53 Å². The van der Waals surface area contributed by atoms with E-state index in [1.807, 2.05) is 61.5 Å². The van der Waals surface area contributed by atoms with Gasteiger partial charge in [-0.2, -0.15) is 4.98 Å². The summed E-state index contributed by atoms with van der Waals surface area (Å²) in [4.78, 5) is 23.7. The summed E-state index contributed by atoms with van der Waals surface area (Å²) < 4.78 is 10.7. The Morgan fingerprint density at radius 1 is 1.15 bits per heavy atom. The fourth-order valence-corrected chi connectivity index (χ4v) is 3.61. The molecule has 0 spiro atoms. The quantitative estimate of drug-likeness (QED) is 0.511. The van der Waals surface area contributed by atoms with Gasteiger partial charge in [-0.3, -0.25) is 0 Å². The minimum Gasteiger partial charge on any atom is -0.480 e. The number of rotatable bonds is 4. The van der Waals surface area contributed by atoms with Crippen LogP contribution >= 0.6 is 11.3 Å². The molecule has 27 heavy (non-hydrogen) atoms. The summed E-state index contributed by atoms with van der Waals surface area (Å²) in [6.07, 6.45) is 1.65. The van der Waals surface area contributed by atoms with Crippen molar-refractivity contribution in [3.05, 3.63) is 58.6 Å². The molecule has 2 aromatic carbocycles. The number of esters is 1. The molecule has 1 aliphatic rings. The molecule has 6 nitrogen and oxygen atoms in total. The molecule has 0 N–H and O–H groups in total. The Hall–Kier alpha value is -3.19. The predicted octanol–water partition coefficient (Wildman–Crippen LogP) is 3.72. The second-order valence-corrected chi connectivity index (χ2v) is 7.17. The van der Waals surface area contributed by atoms with Crippen molar-refractivity contribution in [2.45, 2.75) is 0 Å². The number of cyclic esters (lactones) is 1. The number of fused-ring (bicyclic) bond motifs is 1. The molecular weight excluding hydrogens is 362 g/mol. The number of hydrogen-bond acceptors (Lipinski definition) is 7. The van der Waals surface area contributed by atoms with Gasteiger partial charge in [0.05, 0.1) is 12.0 Å². The first-order valence-electron chi connectivity index (χ1n) is 8.29. The maximum absolute atomic E-state index is 12.3. The number of aliphatic imine (C=N–C) groups is 1. The first-order valence-corrected chi connectivity index (χ1v) is 9.10. The fraction of sp³-hybridized carbons (Fsp3) is 0.150. The van der Waals surface area contributed by atoms with E-state index in [1.54, 1.807) is 13.2 Å². The molecule has 2 heterocycles. The molecule has 0 aliphatic carbocycles. The molecule has 0 fully saturated rings. The van der Waals surface area contributed by atoms with Gasteiger partial charge in [0.15, 0.2) is 10.8 Å². The number of aromatic nitrogens is 1. The van der Waals surface area contributed by atoms with Crippen molar-refractivity contribution >= 4 is 45.2 Å². The predicted molar refractivity (Wildman–Crippen MR) is 108 cm³/mol. The monoisotopic (exact) mass is 379 g/mol. The lowest BCUT2D eigenvalue weighted by Crippen LogP contribution is -2.07. The minimum atomic E-state index is -0.486. The summed E-state index contributed by atoms with van der Waals surface area (Å²) in [5.74, 6) is 0.270. The van der Waals surface area contributed by atoms with Gasteiger partial charge >= 0.3 is 5.97 Å². The summed E-state index contributed by atoms with van der Waals surface area (Å²) in [7, 11) is 5.34. The fourth-order valence-electron chi connectivity index (χ4n) is 2.71. The van der Waals surface area contributed by atoms with Crippen LogP contribution in [0.1, 0.15) is 10.4 Å². The highest BCUT2D eigenvalue weighted by Crippen LogP contribution is 2.33. The average Bonchev–Trinajstić information content (AvgIpc) is 3.25. The van der Waals surface area contributed by atoms with E-state index in [2.05, 4.69) is 9.98 Å². The van der Waals surface area contributed by atoms with Crippen LogP contribution in [0.15, 0.2) is 53.2 Å². The van der Waals surface area contributed by atoms with E-state index in [9.17, 15) is 4.79 Å². The highest BCUT2D eigenvalue weighted by Gasteiger charge is 2.25. The molecule has 0 bridgehead atoms. The Balaban J connectivity index is 1.71. The first kappa shape index (κ1) is 17.2. The lowest BCUT2D eigenvalue weighted by Gasteiger charge is -2.04. The Morgan fingerprint density at radius 2 is 1.93 bits per heavy atom. The van der Waals surface area contributed by atoms with Crippen molar-refractivity contribution in [1.82, 2.24) is 4.98 Å². The molecule has 136 valence electrons. The average molecular weight is 379 g/mol. The number of benzene rings is 2. The van der Waals surface area contributed by atoms with Crippen LogP contribution in [0.4, 0.5) is 5.13 Å². The molecule has 4 rings (SSSR count). The van der Waals surface area contributed by atoms with Gasteiger partial charge in [-0.25, -0.2) is 9.79 Å². The Kier molecular flexibility index (Phi) is 4.37. The normalized spacial score (nSPS) is 15.1. The molecule has 0 saturated heterocycles. The Bertz CT molecular complexity index is 1100. The van der Waals surface area contributed by atoms with Gasteiger partial charge in [0, 0.05) is 19.7 Å². The largest absolute Gasteiger partial charge is 0.480 e. The number of hydrogen-bond donors (Lipinski definition) is 0. The van der Waals surface area contributed by atoms with Crippen LogP contribution < -0.4 is 9.64 Å². The van der Waals surface area contributed by atoms with Crippen LogP contribution in [0, 0.1) is 0 Å². The van der Waals surface area contributed by atoms with Gasteiger partial charge in [-0.05, 0) is 29.0 Å². The van der Waals surface area contributed by atoms with E-state index in [0.29, 0.717) is 11.8 Å². The minimum absolute atomic E-state index is 0.227. The van der Waals surface area contributed by atoms with E-state index in [1.165, 1.54) is 11.3 Å². The lowest BCUT2D eigenvalue weighted by molar-refractivity contribution is -0.129. The van der Waals surface area contributed by atoms with Crippen LogP contribution in [0.25, 0.3) is 16.8 Å². The highest BCUT2D eigenvalue weighted by molar-refractivity contribution is 7.16. The second-order valence-electron chi connectivity index (χ2n) is 6.16. The van der Waals surface area contributed by atoms with Gasteiger partial charge in [0.2, 0.25) is 11.8 Å². The Morgan fingerprint density at radius 3 is 2.67 bits per heavy atom. The zero-order chi connectivity index (χ0) is 19.0. The Labute approximate surface area is 160 Å². The summed E-state index contributed by atoms with van der Waals surface area (Å²) in [6.45, 7) is 0. The van der Waals surface area contributed by atoms with Gasteiger partial charge in [0.1, 0.15) is 0 Å². The molecule has 0 radical (unpaired) electrons. The zero-order valence-corrected chi connectivity index (χ0v) is 15.9. The third-order valence-electron chi connectivity index (χ3n) is 4.07. The number of thiazole rings is 1. The van der Waals surface area contributed by atoms with Crippen molar-refractivity contribution in [2.24, 2.45) is 4.99 Å². The van der Waals surface area contributed by atoms with Gasteiger partial charge in [-0.1, -0.05) is 41.7 Å². The van der Waals surface area contributed by atoms with E-state index < -0.39 is 5.97 Å². The van der Waals surface area contributed by atoms with E-state index >= 15 is 0 Å². The third kappa shape index (κ3) is 3.29. The molecule has 3 aromatic rings.